The maximum absolute atomic E-state index is 4.63. The Labute approximate surface area is 197 Å². The van der Waals surface area contributed by atoms with Gasteiger partial charge in [-0.3, -0.25) is 0 Å². The van der Waals surface area contributed by atoms with E-state index in [0.29, 0.717) is 0 Å². The van der Waals surface area contributed by atoms with Crippen molar-refractivity contribution >= 4 is 43.1 Å². The van der Waals surface area contributed by atoms with Gasteiger partial charge in [-0.2, -0.15) is 0 Å². The van der Waals surface area contributed by atoms with Crippen molar-refractivity contribution < 1.29 is 0 Å². The lowest BCUT2D eigenvalue weighted by molar-refractivity contribution is 1.18. The Hall–Kier alpha value is -4.56. The van der Waals surface area contributed by atoms with E-state index in [2.05, 4.69) is 113 Å². The van der Waals surface area contributed by atoms with Crippen LogP contribution in [-0.2, 0) is 0 Å². The van der Waals surface area contributed by atoms with Crippen LogP contribution >= 0.6 is 0 Å². The van der Waals surface area contributed by atoms with E-state index in [0.717, 1.165) is 11.4 Å². The molecule has 0 radical (unpaired) electrons. The number of rotatable bonds is 2. The van der Waals surface area contributed by atoms with Crippen LogP contribution < -0.4 is 0 Å². The summed E-state index contributed by atoms with van der Waals surface area (Å²) in [5.74, 6) is 0.754. The second-order valence-electron chi connectivity index (χ2n) is 8.60. The first kappa shape index (κ1) is 19.0. The van der Waals surface area contributed by atoms with E-state index in [4.69, 9.17) is 0 Å². The summed E-state index contributed by atoms with van der Waals surface area (Å²) in [6.07, 6.45) is 3.63. The monoisotopic (exact) mass is 432 g/mol. The first-order chi connectivity index (χ1) is 16.9. The minimum atomic E-state index is 0.754. The number of nitrogens with zero attached hydrogens (tertiary/aromatic N) is 2. The fourth-order valence-corrected chi connectivity index (χ4v) is 5.35. The summed E-state index contributed by atoms with van der Waals surface area (Å²) in [5.41, 5.74) is 3.59. The number of hydrogen-bond donors (Lipinski definition) is 0. The molecule has 2 heteroatoms. The molecule has 0 spiro atoms. The van der Waals surface area contributed by atoms with Gasteiger partial charge in [-0.05, 0) is 66.3 Å². The van der Waals surface area contributed by atoms with Gasteiger partial charge in [-0.25, -0.2) is 9.97 Å². The molecule has 0 saturated carbocycles. The maximum Gasteiger partial charge on any atom is 0.160 e. The Morgan fingerprint density at radius 2 is 0.853 bits per heavy atom. The molecule has 0 aliphatic carbocycles. The van der Waals surface area contributed by atoms with E-state index in [-0.39, 0.29) is 0 Å². The van der Waals surface area contributed by atoms with Crippen molar-refractivity contribution in [1.82, 2.24) is 9.97 Å². The minimum Gasteiger partial charge on any atom is -0.237 e. The zero-order valence-electron chi connectivity index (χ0n) is 18.4. The van der Waals surface area contributed by atoms with Crippen LogP contribution in [0.1, 0.15) is 0 Å². The van der Waals surface area contributed by atoms with E-state index in [9.17, 15) is 0 Å². The van der Waals surface area contributed by atoms with Crippen molar-refractivity contribution in [1.29, 1.82) is 0 Å². The molecule has 0 amide bonds. The summed E-state index contributed by atoms with van der Waals surface area (Å²) in [6.45, 7) is 0. The quantitative estimate of drug-likeness (QED) is 0.202. The molecule has 0 bridgehead atoms. The van der Waals surface area contributed by atoms with E-state index < -0.39 is 0 Å². The van der Waals surface area contributed by atoms with Gasteiger partial charge in [0.05, 0.1) is 0 Å². The molecule has 2 nitrogen and oxygen atoms in total. The highest BCUT2D eigenvalue weighted by atomic mass is 14.9. The van der Waals surface area contributed by atoms with Crippen LogP contribution in [0, 0.1) is 0 Å². The zero-order valence-corrected chi connectivity index (χ0v) is 18.4. The van der Waals surface area contributed by atoms with Crippen LogP contribution in [0.15, 0.2) is 122 Å². The molecule has 0 N–H and O–H groups in total. The summed E-state index contributed by atoms with van der Waals surface area (Å²) in [5, 5.41) is 9.83. The van der Waals surface area contributed by atoms with Crippen LogP contribution in [0.2, 0.25) is 0 Å². The van der Waals surface area contributed by atoms with Gasteiger partial charge in [0.25, 0.3) is 0 Å². The van der Waals surface area contributed by atoms with Crippen LogP contribution in [0.25, 0.3) is 65.6 Å². The van der Waals surface area contributed by atoms with E-state index in [1.807, 2.05) is 18.5 Å². The SMILES string of the molecule is c1cnc(-c2c3ccccc3c(-c3cc4ccccc4c4ccccc34)c3ccccc23)nc1. The highest BCUT2D eigenvalue weighted by molar-refractivity contribution is 6.25. The first-order valence-corrected chi connectivity index (χ1v) is 11.5. The van der Waals surface area contributed by atoms with Crippen molar-refractivity contribution in [2.45, 2.75) is 0 Å². The molecule has 7 rings (SSSR count). The third kappa shape index (κ3) is 2.76. The Bertz CT molecular complexity index is 1800. The second kappa shape index (κ2) is 7.50. The Morgan fingerprint density at radius 3 is 1.47 bits per heavy atom. The fourth-order valence-electron chi connectivity index (χ4n) is 5.35. The summed E-state index contributed by atoms with van der Waals surface area (Å²) in [6, 6.07) is 38.9. The van der Waals surface area contributed by atoms with Crippen molar-refractivity contribution in [2.75, 3.05) is 0 Å². The Balaban J connectivity index is 1.72. The number of hydrogen-bond acceptors (Lipinski definition) is 2. The summed E-state index contributed by atoms with van der Waals surface area (Å²) in [7, 11) is 0. The molecule has 7 aromatic rings. The maximum atomic E-state index is 4.63. The zero-order chi connectivity index (χ0) is 22.5. The number of benzene rings is 6. The van der Waals surface area contributed by atoms with Crippen molar-refractivity contribution in [3.8, 4) is 22.5 Å². The number of aromatic nitrogens is 2. The highest BCUT2D eigenvalue weighted by Gasteiger charge is 2.19. The highest BCUT2D eigenvalue weighted by Crippen LogP contribution is 2.45. The molecule has 1 aromatic heterocycles. The predicted molar refractivity (Wildman–Crippen MR) is 143 cm³/mol. The smallest absolute Gasteiger partial charge is 0.160 e. The van der Waals surface area contributed by atoms with Gasteiger partial charge in [-0.1, -0.05) is 97.1 Å². The lowest BCUT2D eigenvalue weighted by Crippen LogP contribution is -1.94. The number of fused-ring (bicyclic) bond motifs is 5. The molecule has 1 heterocycles. The van der Waals surface area contributed by atoms with Gasteiger partial charge >= 0.3 is 0 Å². The topological polar surface area (TPSA) is 25.8 Å². The Kier molecular flexibility index (Phi) is 4.18. The first-order valence-electron chi connectivity index (χ1n) is 11.5. The Morgan fingerprint density at radius 1 is 0.382 bits per heavy atom. The van der Waals surface area contributed by atoms with Crippen molar-refractivity contribution in [2.24, 2.45) is 0 Å². The van der Waals surface area contributed by atoms with Gasteiger partial charge in [0.1, 0.15) is 0 Å². The summed E-state index contributed by atoms with van der Waals surface area (Å²) >= 11 is 0. The molecule has 0 fully saturated rings. The molecule has 158 valence electrons. The van der Waals surface area contributed by atoms with Crippen molar-refractivity contribution in [3.63, 3.8) is 0 Å². The summed E-state index contributed by atoms with van der Waals surface area (Å²) < 4.78 is 0. The van der Waals surface area contributed by atoms with Crippen LogP contribution in [0.3, 0.4) is 0 Å². The van der Waals surface area contributed by atoms with Gasteiger partial charge < -0.3 is 0 Å². The third-order valence-corrected chi connectivity index (χ3v) is 6.76. The fraction of sp³-hybridized carbons (Fsp3) is 0. The lowest BCUT2D eigenvalue weighted by atomic mass is 9.85. The largest absolute Gasteiger partial charge is 0.237 e. The van der Waals surface area contributed by atoms with Gasteiger partial charge in [0.15, 0.2) is 5.82 Å². The van der Waals surface area contributed by atoms with E-state index >= 15 is 0 Å². The molecular weight excluding hydrogens is 412 g/mol. The average Bonchev–Trinajstić information content (AvgIpc) is 2.92. The van der Waals surface area contributed by atoms with Gasteiger partial charge in [0, 0.05) is 18.0 Å². The molecule has 0 aliphatic rings. The second-order valence-corrected chi connectivity index (χ2v) is 8.60. The third-order valence-electron chi connectivity index (χ3n) is 6.76. The van der Waals surface area contributed by atoms with Crippen LogP contribution in [0.5, 0.6) is 0 Å². The van der Waals surface area contributed by atoms with Gasteiger partial charge in [-0.15, -0.1) is 0 Å². The molecule has 0 unspecified atom stereocenters. The van der Waals surface area contributed by atoms with Crippen LogP contribution in [-0.4, -0.2) is 9.97 Å². The van der Waals surface area contributed by atoms with E-state index in [1.54, 1.807) is 0 Å². The predicted octanol–water partition coefficient (Wildman–Crippen LogP) is 8.42. The molecule has 34 heavy (non-hydrogen) atoms. The molecule has 0 saturated heterocycles. The molecule has 0 aliphatic heterocycles. The molecule has 6 aromatic carbocycles. The summed E-state index contributed by atoms with van der Waals surface area (Å²) in [4.78, 5) is 9.26. The molecular formula is C32H20N2. The normalized spacial score (nSPS) is 11.5. The lowest BCUT2D eigenvalue weighted by Gasteiger charge is -2.18. The standard InChI is InChI=1S/C32H20N2/c1-2-11-22-21(10-1)20-29(24-13-4-3-12-23(22)24)30-25-14-5-7-16-27(25)31(32-33-18-9-19-34-32)28-17-8-6-15-26(28)30/h1-20H. The minimum absolute atomic E-state index is 0.754. The van der Waals surface area contributed by atoms with Gasteiger partial charge in [0.2, 0.25) is 0 Å². The van der Waals surface area contributed by atoms with E-state index in [1.165, 1.54) is 54.2 Å². The van der Waals surface area contributed by atoms with Crippen LogP contribution in [0.4, 0.5) is 0 Å². The molecule has 0 atom stereocenters. The van der Waals surface area contributed by atoms with Crippen molar-refractivity contribution in [3.05, 3.63) is 122 Å². The average molecular weight is 433 g/mol.